The van der Waals surface area contributed by atoms with Crippen LogP contribution in [-0.4, -0.2) is 31.2 Å². The fourth-order valence-electron chi connectivity index (χ4n) is 4.16. The van der Waals surface area contributed by atoms with Crippen molar-refractivity contribution >= 4 is 11.8 Å². The summed E-state index contributed by atoms with van der Waals surface area (Å²) in [5.74, 6) is -0.364. The van der Waals surface area contributed by atoms with Crippen LogP contribution in [0.4, 0.5) is 0 Å². The third kappa shape index (κ3) is 3.92. The summed E-state index contributed by atoms with van der Waals surface area (Å²) < 4.78 is 16.7. The van der Waals surface area contributed by atoms with E-state index in [-0.39, 0.29) is 17.8 Å². The number of esters is 1. The van der Waals surface area contributed by atoms with Gasteiger partial charge in [-0.1, -0.05) is 26.0 Å². The fraction of sp³-hybridized carbons (Fsp3) is 0.545. The number of ketones is 1. The molecule has 1 aliphatic heterocycles. The Hall–Kier alpha value is -2.34. The maximum Gasteiger partial charge on any atom is 0.315 e. The summed E-state index contributed by atoms with van der Waals surface area (Å²) in [7, 11) is 0. The van der Waals surface area contributed by atoms with Gasteiger partial charge < -0.3 is 14.2 Å². The molecule has 0 aromatic heterocycles. The lowest BCUT2D eigenvalue weighted by Crippen LogP contribution is -2.48. The van der Waals surface area contributed by atoms with E-state index in [1.165, 1.54) is 0 Å². The standard InChI is InChI=1S/C22H29NO5/c1-5-26-14-9-7-13(8-10-14)17-18-15(24)11-22(3,4)12-16(18)28-20(23)19(17)21(25)27-6-2/h7-10,17,19-20H,5-6,11-12,23H2,1-4H3/t17-,19+,20-/m1/s1. The maximum absolute atomic E-state index is 13.1. The zero-order valence-electron chi connectivity index (χ0n) is 17.0. The number of hydrogen-bond donors (Lipinski definition) is 1. The molecule has 28 heavy (non-hydrogen) atoms. The van der Waals surface area contributed by atoms with Gasteiger partial charge in [-0.2, -0.15) is 0 Å². The van der Waals surface area contributed by atoms with Crippen molar-refractivity contribution in [1.82, 2.24) is 0 Å². The predicted octanol–water partition coefficient (Wildman–Crippen LogP) is 3.31. The topological polar surface area (TPSA) is 87.9 Å². The van der Waals surface area contributed by atoms with Gasteiger partial charge in [-0.25, -0.2) is 0 Å². The maximum atomic E-state index is 13.1. The van der Waals surface area contributed by atoms with E-state index in [0.29, 0.717) is 30.8 Å². The summed E-state index contributed by atoms with van der Waals surface area (Å²) in [6, 6.07) is 7.47. The quantitative estimate of drug-likeness (QED) is 0.780. The van der Waals surface area contributed by atoms with Crippen LogP contribution in [0.5, 0.6) is 5.75 Å². The van der Waals surface area contributed by atoms with Crippen molar-refractivity contribution in [2.75, 3.05) is 13.2 Å². The summed E-state index contributed by atoms with van der Waals surface area (Å²) in [6.45, 7) is 8.54. The predicted molar refractivity (Wildman–Crippen MR) is 105 cm³/mol. The molecule has 152 valence electrons. The molecule has 1 aromatic carbocycles. The van der Waals surface area contributed by atoms with Crippen LogP contribution in [0.2, 0.25) is 0 Å². The van der Waals surface area contributed by atoms with Crippen molar-refractivity contribution in [3.8, 4) is 5.75 Å². The fourth-order valence-corrected chi connectivity index (χ4v) is 4.16. The summed E-state index contributed by atoms with van der Waals surface area (Å²) in [5, 5.41) is 0. The number of hydrogen-bond acceptors (Lipinski definition) is 6. The molecule has 3 atom stereocenters. The van der Waals surface area contributed by atoms with E-state index in [4.69, 9.17) is 19.9 Å². The first-order chi connectivity index (χ1) is 13.3. The van der Waals surface area contributed by atoms with Gasteiger partial charge in [0.05, 0.1) is 13.2 Å². The van der Waals surface area contributed by atoms with Crippen molar-refractivity contribution in [3.05, 3.63) is 41.2 Å². The highest BCUT2D eigenvalue weighted by molar-refractivity contribution is 6.00. The minimum absolute atomic E-state index is 0.00586. The van der Waals surface area contributed by atoms with Gasteiger partial charge in [0.1, 0.15) is 17.4 Å². The normalized spacial score (nSPS) is 26.3. The van der Waals surface area contributed by atoms with Crippen molar-refractivity contribution in [2.24, 2.45) is 17.1 Å². The average Bonchev–Trinajstić information content (AvgIpc) is 2.60. The summed E-state index contributed by atoms with van der Waals surface area (Å²) in [4.78, 5) is 25.8. The molecule has 0 amide bonds. The van der Waals surface area contributed by atoms with Crippen LogP contribution in [0.25, 0.3) is 0 Å². The van der Waals surface area contributed by atoms with Gasteiger partial charge in [-0.15, -0.1) is 0 Å². The van der Waals surface area contributed by atoms with Gasteiger partial charge in [-0.05, 0) is 37.0 Å². The molecule has 1 aromatic rings. The summed E-state index contributed by atoms with van der Waals surface area (Å²) in [6.07, 6.45) is 0.161. The summed E-state index contributed by atoms with van der Waals surface area (Å²) >= 11 is 0. The average molecular weight is 387 g/mol. The molecule has 6 nitrogen and oxygen atoms in total. The number of ether oxygens (including phenoxy) is 3. The monoisotopic (exact) mass is 387 g/mol. The van der Waals surface area contributed by atoms with Crippen molar-refractivity contribution < 1.29 is 23.8 Å². The van der Waals surface area contributed by atoms with Crippen LogP contribution in [0.3, 0.4) is 0 Å². The molecule has 0 radical (unpaired) electrons. The number of allylic oxidation sites excluding steroid dienone is 2. The van der Waals surface area contributed by atoms with Gasteiger partial charge in [-0.3, -0.25) is 15.3 Å². The number of benzene rings is 1. The number of nitrogens with two attached hydrogens (primary N) is 1. The first-order valence-corrected chi connectivity index (χ1v) is 9.85. The molecule has 0 unspecified atom stereocenters. The molecule has 1 aliphatic carbocycles. The van der Waals surface area contributed by atoms with E-state index < -0.39 is 24.0 Å². The number of carbonyl (C=O) groups is 2. The van der Waals surface area contributed by atoms with Crippen LogP contribution in [0.15, 0.2) is 35.6 Å². The molecule has 0 saturated carbocycles. The Morgan fingerprint density at radius 1 is 1.18 bits per heavy atom. The molecule has 6 heteroatoms. The number of carbonyl (C=O) groups excluding carboxylic acids is 2. The van der Waals surface area contributed by atoms with Gasteiger partial charge in [0.15, 0.2) is 12.0 Å². The Labute approximate surface area is 166 Å². The molecular weight excluding hydrogens is 358 g/mol. The van der Waals surface area contributed by atoms with Crippen molar-refractivity contribution in [2.45, 2.75) is 52.7 Å². The first kappa shape index (κ1) is 20.4. The zero-order chi connectivity index (χ0) is 20.5. The molecule has 0 fully saturated rings. The lowest BCUT2D eigenvalue weighted by Gasteiger charge is -2.42. The van der Waals surface area contributed by atoms with E-state index in [2.05, 4.69) is 0 Å². The highest BCUT2D eigenvalue weighted by atomic mass is 16.5. The Morgan fingerprint density at radius 2 is 1.86 bits per heavy atom. The second-order valence-electron chi connectivity index (χ2n) is 8.12. The van der Waals surface area contributed by atoms with Gasteiger partial charge in [0.25, 0.3) is 0 Å². The molecule has 0 spiro atoms. The second-order valence-corrected chi connectivity index (χ2v) is 8.12. The van der Waals surface area contributed by atoms with Crippen LogP contribution in [0.1, 0.15) is 52.0 Å². The van der Waals surface area contributed by atoms with Crippen LogP contribution < -0.4 is 10.5 Å². The van der Waals surface area contributed by atoms with Crippen molar-refractivity contribution in [1.29, 1.82) is 0 Å². The van der Waals surface area contributed by atoms with E-state index in [9.17, 15) is 9.59 Å². The molecule has 1 heterocycles. The zero-order valence-corrected chi connectivity index (χ0v) is 17.0. The summed E-state index contributed by atoms with van der Waals surface area (Å²) in [5.41, 5.74) is 7.46. The third-order valence-electron chi connectivity index (χ3n) is 5.29. The molecule has 0 saturated heterocycles. The van der Waals surface area contributed by atoms with Crippen LogP contribution in [0, 0.1) is 11.3 Å². The van der Waals surface area contributed by atoms with Gasteiger partial charge in [0.2, 0.25) is 0 Å². The van der Waals surface area contributed by atoms with Crippen molar-refractivity contribution in [3.63, 3.8) is 0 Å². The largest absolute Gasteiger partial charge is 0.494 e. The minimum Gasteiger partial charge on any atom is -0.494 e. The van der Waals surface area contributed by atoms with Gasteiger partial charge in [0, 0.05) is 24.3 Å². The second kappa shape index (κ2) is 7.95. The Kier molecular flexibility index (Phi) is 5.79. The smallest absolute Gasteiger partial charge is 0.315 e. The molecule has 0 bridgehead atoms. The third-order valence-corrected chi connectivity index (χ3v) is 5.29. The SMILES string of the molecule is CCOC(=O)[C@@H]1[C@H](N)OC2=C(C(=O)CC(C)(C)C2)[C@H]1c1ccc(OCC)cc1. The lowest BCUT2D eigenvalue weighted by molar-refractivity contribution is -0.155. The molecule has 3 rings (SSSR count). The van der Waals surface area contributed by atoms with E-state index >= 15 is 0 Å². The minimum atomic E-state index is -0.865. The highest BCUT2D eigenvalue weighted by Crippen LogP contribution is 2.49. The molecule has 2 aliphatic rings. The highest BCUT2D eigenvalue weighted by Gasteiger charge is 2.49. The molecule has 2 N–H and O–H groups in total. The molecular formula is C22H29NO5. The van der Waals surface area contributed by atoms with Gasteiger partial charge >= 0.3 is 5.97 Å². The van der Waals surface area contributed by atoms with E-state index in [1.807, 2.05) is 45.0 Å². The number of Topliss-reactive ketones (excluding diaryl/α,β-unsaturated/α-hetero) is 1. The number of rotatable bonds is 5. The lowest BCUT2D eigenvalue weighted by atomic mass is 9.68. The first-order valence-electron chi connectivity index (χ1n) is 9.85. The Balaban J connectivity index is 2.09. The van der Waals surface area contributed by atoms with E-state index in [0.717, 1.165) is 11.3 Å². The van der Waals surface area contributed by atoms with E-state index in [1.54, 1.807) is 6.92 Å². The van der Waals surface area contributed by atoms with Crippen LogP contribution in [-0.2, 0) is 19.1 Å². The Bertz CT molecular complexity index is 781. The van der Waals surface area contributed by atoms with Crippen LogP contribution >= 0.6 is 0 Å². The Morgan fingerprint density at radius 3 is 2.46 bits per heavy atom.